The zero-order valence-electron chi connectivity index (χ0n) is 20.2. The fourth-order valence-corrected chi connectivity index (χ4v) is 6.23. The van der Waals surface area contributed by atoms with Crippen LogP contribution in [0.25, 0.3) is 0 Å². The van der Waals surface area contributed by atoms with Crippen LogP contribution in [0, 0.1) is 29.5 Å². The number of nitrogens with one attached hydrogen (secondary N) is 1. The molecule has 36 heavy (non-hydrogen) atoms. The number of aliphatic hydroxyl groups excluding tert-OH is 2. The molecule has 0 bridgehead atoms. The number of nitrogens with two attached hydrogens (primary N) is 1. The first-order valence-corrected chi connectivity index (χ1v) is 12.2. The van der Waals surface area contributed by atoms with E-state index in [0.717, 1.165) is 19.4 Å². The van der Waals surface area contributed by atoms with Gasteiger partial charge in [0.05, 0.1) is 17.5 Å². The van der Waals surface area contributed by atoms with E-state index in [1.54, 1.807) is 19.0 Å². The van der Waals surface area contributed by atoms with E-state index >= 15 is 4.39 Å². The summed E-state index contributed by atoms with van der Waals surface area (Å²) in [4.78, 5) is 40.3. The number of amides is 1. The van der Waals surface area contributed by atoms with E-state index in [9.17, 15) is 29.7 Å². The van der Waals surface area contributed by atoms with Crippen molar-refractivity contribution >= 4 is 17.5 Å². The molecule has 5 rings (SSSR count). The lowest BCUT2D eigenvalue weighted by molar-refractivity contribution is -0.127. The van der Waals surface area contributed by atoms with E-state index in [0.29, 0.717) is 5.92 Å². The molecule has 0 radical (unpaired) electrons. The Kier molecular flexibility index (Phi) is 5.91. The number of likely N-dealkylation sites (N-methyl/N-ethyl adjacent to an activating group) is 1. The van der Waals surface area contributed by atoms with Crippen LogP contribution >= 0.6 is 0 Å². The number of rotatable bonds is 6. The number of hydrogen-bond donors (Lipinski definition) is 5. The molecule has 0 saturated heterocycles. The van der Waals surface area contributed by atoms with Crippen LogP contribution in [0.2, 0.25) is 0 Å². The molecule has 1 fully saturated rings. The van der Waals surface area contributed by atoms with Gasteiger partial charge in [-0.15, -0.1) is 0 Å². The topological polar surface area (TPSA) is 153 Å². The largest absolute Gasteiger partial charge is 0.511 e. The minimum absolute atomic E-state index is 0.0427. The van der Waals surface area contributed by atoms with E-state index < -0.39 is 64.2 Å². The zero-order valence-corrected chi connectivity index (χ0v) is 20.2. The van der Waals surface area contributed by atoms with E-state index in [1.807, 2.05) is 0 Å². The Morgan fingerprint density at radius 1 is 1.19 bits per heavy atom. The number of allylic oxidation sites excluding steroid dienone is 2. The molecular formula is C26H30FN3O6. The van der Waals surface area contributed by atoms with E-state index in [4.69, 9.17) is 5.73 Å². The lowest BCUT2D eigenvalue weighted by atomic mass is 9.61. The molecule has 4 atom stereocenters. The van der Waals surface area contributed by atoms with Gasteiger partial charge < -0.3 is 26.4 Å². The second-order valence-electron chi connectivity index (χ2n) is 10.6. The zero-order chi connectivity index (χ0) is 26.0. The molecule has 10 heteroatoms. The maximum absolute atomic E-state index is 15.6. The molecule has 1 unspecified atom stereocenters. The Hall–Kier alpha value is -3.24. The summed E-state index contributed by atoms with van der Waals surface area (Å²) in [6, 6.07) is 0.418. The number of phenolic OH excluding ortho intramolecular Hbond substituents is 1. The first-order valence-electron chi connectivity index (χ1n) is 12.2. The average molecular weight is 500 g/mol. The number of hydrogen-bond acceptors (Lipinski definition) is 8. The van der Waals surface area contributed by atoms with Crippen molar-refractivity contribution in [1.29, 1.82) is 0 Å². The van der Waals surface area contributed by atoms with Gasteiger partial charge in [0.1, 0.15) is 28.7 Å². The molecule has 1 aromatic rings. The van der Waals surface area contributed by atoms with Gasteiger partial charge in [0.25, 0.3) is 5.91 Å². The summed E-state index contributed by atoms with van der Waals surface area (Å²) in [5, 5.41) is 35.9. The quantitative estimate of drug-likeness (QED) is 0.370. The number of fused-ring (bicyclic) bond motifs is 3. The molecule has 1 aromatic carbocycles. The van der Waals surface area contributed by atoms with Crippen LogP contribution in [-0.2, 0) is 22.6 Å². The van der Waals surface area contributed by atoms with E-state index in [2.05, 4.69) is 5.32 Å². The lowest BCUT2D eigenvalue weighted by Crippen LogP contribution is -2.53. The highest BCUT2D eigenvalue weighted by Gasteiger charge is 2.54. The number of halogens is 1. The Labute approximate surface area is 207 Å². The number of aromatic hydroxyl groups is 1. The monoisotopic (exact) mass is 499 g/mol. The highest BCUT2D eigenvalue weighted by molar-refractivity contribution is 6.22. The van der Waals surface area contributed by atoms with E-state index in [1.165, 1.54) is 6.07 Å². The molecule has 0 aliphatic heterocycles. The van der Waals surface area contributed by atoms with Crippen molar-refractivity contribution < 1.29 is 34.1 Å². The Morgan fingerprint density at radius 2 is 1.89 bits per heavy atom. The van der Waals surface area contributed by atoms with Crippen LogP contribution in [0.1, 0.15) is 40.7 Å². The molecule has 6 N–H and O–H groups in total. The van der Waals surface area contributed by atoms with Gasteiger partial charge in [-0.2, -0.15) is 0 Å². The Balaban J connectivity index is 1.56. The summed E-state index contributed by atoms with van der Waals surface area (Å²) in [7, 11) is 3.31. The molecule has 1 amide bonds. The van der Waals surface area contributed by atoms with Crippen molar-refractivity contribution in [3.63, 3.8) is 0 Å². The summed E-state index contributed by atoms with van der Waals surface area (Å²) in [5.74, 6) is -6.59. The second-order valence-corrected chi connectivity index (χ2v) is 10.6. The summed E-state index contributed by atoms with van der Waals surface area (Å²) in [6.45, 7) is 0.972. The van der Waals surface area contributed by atoms with Gasteiger partial charge in [-0.25, -0.2) is 4.39 Å². The molecule has 0 aromatic heterocycles. The maximum Gasteiger partial charge on any atom is 0.255 e. The molecular weight excluding hydrogens is 469 g/mol. The molecule has 192 valence electrons. The van der Waals surface area contributed by atoms with Gasteiger partial charge in [-0.3, -0.25) is 19.3 Å². The number of ketones is 2. The summed E-state index contributed by atoms with van der Waals surface area (Å²) in [6.07, 6.45) is 2.51. The second kappa shape index (κ2) is 8.70. The van der Waals surface area contributed by atoms with Crippen LogP contribution in [0.3, 0.4) is 0 Å². The van der Waals surface area contributed by atoms with Gasteiger partial charge in [-0.05, 0) is 70.1 Å². The minimum atomic E-state index is -1.26. The fourth-order valence-electron chi connectivity index (χ4n) is 6.23. The van der Waals surface area contributed by atoms with Crippen molar-refractivity contribution in [2.45, 2.75) is 38.3 Å². The summed E-state index contributed by atoms with van der Waals surface area (Å²) >= 11 is 0. The lowest BCUT2D eigenvalue weighted by Gasteiger charge is -2.46. The van der Waals surface area contributed by atoms with Gasteiger partial charge in [-0.1, -0.05) is 0 Å². The number of carbonyl (C=O) groups is 3. The number of phenols is 1. The fraction of sp³-hybridized carbons (Fsp3) is 0.500. The highest BCUT2D eigenvalue weighted by atomic mass is 19.1. The van der Waals surface area contributed by atoms with Crippen LogP contribution in [0.5, 0.6) is 5.75 Å². The Bertz CT molecular complexity index is 1250. The smallest absolute Gasteiger partial charge is 0.255 e. The van der Waals surface area contributed by atoms with Gasteiger partial charge in [0, 0.05) is 23.2 Å². The normalized spacial score (nSPS) is 27.8. The first kappa shape index (κ1) is 24.5. The molecule has 1 saturated carbocycles. The third-order valence-electron chi connectivity index (χ3n) is 8.02. The molecule has 4 aliphatic rings. The Morgan fingerprint density at radius 3 is 2.50 bits per heavy atom. The van der Waals surface area contributed by atoms with Crippen molar-refractivity contribution in [3.8, 4) is 5.75 Å². The van der Waals surface area contributed by atoms with Crippen LogP contribution in [0.4, 0.5) is 4.39 Å². The predicted molar refractivity (Wildman–Crippen MR) is 127 cm³/mol. The SMILES string of the molecule is CN(C)[C@@H]1C(O)=C(C(N)=O)C(=O)C2C(O)=C3C(=O)c4c(O)cc(CNCC5CC5)c(F)c4C[C@H]3C[C@H]21. The molecule has 4 aliphatic carbocycles. The van der Waals surface area contributed by atoms with Crippen LogP contribution in [-0.4, -0.2) is 64.4 Å². The summed E-state index contributed by atoms with van der Waals surface area (Å²) < 4.78 is 15.6. The number of carbonyl (C=O) groups excluding carboxylic acids is 3. The number of benzene rings is 1. The summed E-state index contributed by atoms with van der Waals surface area (Å²) in [5.41, 5.74) is 4.84. The standard InChI is InChI=1S/C26H30FN3O6/c1-30(2)21-14-6-11-5-13-17(15(31)7-12(20(13)27)9-29-8-10-3-4-10)22(32)16(11)23(33)18(14)24(34)19(25(21)35)26(28)36/h7,10-11,14,18,21,29,31,33,35H,3-6,8-9H2,1-2H3,(H2,28,36)/t11-,14+,18?,21-/m0/s1. The first-order chi connectivity index (χ1) is 17.0. The molecule has 0 spiro atoms. The number of primary amides is 1. The number of Topliss-reactive ketones (excluding diaryl/α,β-unsaturated/α-hetero) is 2. The third-order valence-corrected chi connectivity index (χ3v) is 8.02. The van der Waals surface area contributed by atoms with Gasteiger partial charge >= 0.3 is 0 Å². The van der Waals surface area contributed by atoms with Crippen LogP contribution < -0.4 is 11.1 Å². The average Bonchev–Trinajstić information content (AvgIpc) is 3.60. The number of nitrogens with zero attached hydrogens (tertiary/aromatic N) is 1. The maximum atomic E-state index is 15.6. The third kappa shape index (κ3) is 3.70. The van der Waals surface area contributed by atoms with Gasteiger partial charge in [0.2, 0.25) is 0 Å². The van der Waals surface area contributed by atoms with Crippen LogP contribution in [0.15, 0.2) is 28.7 Å². The van der Waals surface area contributed by atoms with Gasteiger partial charge in [0.15, 0.2) is 11.6 Å². The van der Waals surface area contributed by atoms with E-state index in [-0.39, 0.29) is 47.4 Å². The van der Waals surface area contributed by atoms with Crippen molar-refractivity contribution in [3.05, 3.63) is 51.2 Å². The van der Waals surface area contributed by atoms with Crippen molar-refractivity contribution in [2.24, 2.45) is 29.4 Å². The highest BCUT2D eigenvalue weighted by Crippen LogP contribution is 2.50. The number of aliphatic hydroxyl groups is 2. The van der Waals surface area contributed by atoms with Crippen molar-refractivity contribution in [2.75, 3.05) is 20.6 Å². The predicted octanol–water partition coefficient (Wildman–Crippen LogP) is 1.64. The van der Waals surface area contributed by atoms with Crippen molar-refractivity contribution in [1.82, 2.24) is 10.2 Å². The minimum Gasteiger partial charge on any atom is -0.511 e. The molecule has 9 nitrogen and oxygen atoms in total. The molecule has 0 heterocycles.